The van der Waals surface area contributed by atoms with Gasteiger partial charge < -0.3 is 97.0 Å². The molecule has 0 aliphatic carbocycles. The highest BCUT2D eigenvalue weighted by Gasteiger charge is 2.28. The van der Waals surface area contributed by atoms with Gasteiger partial charge in [0.15, 0.2) is 0 Å². The summed E-state index contributed by atoms with van der Waals surface area (Å²) in [7, 11) is 0. The van der Waals surface area contributed by atoms with Crippen molar-refractivity contribution in [1.82, 2.24) is 0 Å². The molecule has 0 heterocycles. The molecule has 0 rings (SSSR count). The summed E-state index contributed by atoms with van der Waals surface area (Å²) in [6.07, 6.45) is 2.38. The average molecular weight is 949 g/mol. The van der Waals surface area contributed by atoms with E-state index in [4.69, 9.17) is 97.0 Å². The van der Waals surface area contributed by atoms with Gasteiger partial charge in [-0.05, 0) is 25.7 Å². The predicted molar refractivity (Wildman–Crippen MR) is 231 cm³/mol. The Morgan fingerprint density at radius 3 is 0.367 bits per heavy atom. The molecule has 0 aliphatic heterocycles. The minimum absolute atomic E-state index is 0.0833. The maximum atomic E-state index is 9.29. The van der Waals surface area contributed by atoms with Gasteiger partial charge in [-0.2, -0.15) is 37.9 Å². The van der Waals surface area contributed by atoms with E-state index in [1.54, 1.807) is 0 Å². The molecule has 0 saturated heterocycles. The third-order valence-electron chi connectivity index (χ3n) is 8.77. The highest BCUT2D eigenvalue weighted by Crippen LogP contribution is 2.20. The Hall–Kier alpha value is -1.18. The van der Waals surface area contributed by atoms with E-state index in [2.05, 4.69) is 37.9 Å². The van der Waals surface area contributed by atoms with Gasteiger partial charge >= 0.3 is 17.9 Å². The summed E-state index contributed by atoms with van der Waals surface area (Å²) >= 11 is 10.2. The zero-order valence-electron chi connectivity index (χ0n) is 35.3. The molecule has 0 spiro atoms. The van der Waals surface area contributed by atoms with E-state index in [1.165, 1.54) is 0 Å². The van der Waals surface area contributed by atoms with Crippen LogP contribution in [0.4, 0.5) is 0 Å². The van der Waals surface area contributed by atoms with Crippen LogP contribution in [0.25, 0.3) is 0 Å². The number of hydrogen-bond acceptors (Lipinski definition) is 22. The summed E-state index contributed by atoms with van der Waals surface area (Å²) in [6, 6.07) is 0. The Kier molecular flexibility index (Phi) is 64.0. The van der Waals surface area contributed by atoms with Crippen LogP contribution in [0.3, 0.4) is 0 Å². The lowest BCUT2D eigenvalue weighted by atomic mass is 9.88. The fraction of sp³-hybridized carbons (Fsp3) is 0.914. The lowest BCUT2D eigenvalue weighted by Crippen LogP contribution is -2.37. The first-order valence-corrected chi connectivity index (χ1v) is 20.1. The predicted octanol–water partition coefficient (Wildman–Crippen LogP) is -4.62. The summed E-state index contributed by atoms with van der Waals surface area (Å²) in [5.41, 5.74) is -3.78. The molecule has 0 aromatic carbocycles. The number of carboxylic acid groups (broad SMARTS) is 3. The van der Waals surface area contributed by atoms with Crippen molar-refractivity contribution in [1.29, 1.82) is 0 Å². The van der Waals surface area contributed by atoms with Crippen LogP contribution in [0.5, 0.6) is 0 Å². The smallest absolute Gasteiger partial charge is 0.313 e. The second-order valence-corrected chi connectivity index (χ2v) is 14.0. The molecule has 0 amide bonds. The van der Waals surface area contributed by atoms with Crippen LogP contribution < -0.4 is 0 Å². The number of carbonyl (C=O) groups is 3. The minimum Gasteiger partial charge on any atom is -0.481 e. The van der Waals surface area contributed by atoms with Gasteiger partial charge in [-0.25, -0.2) is 0 Å². The Balaban J connectivity index is -0.0000000869. The van der Waals surface area contributed by atoms with E-state index in [0.29, 0.717) is 25.7 Å². The first kappa shape index (κ1) is 76.1. The number of aliphatic hydroxyl groups excluding tert-OH is 16. The van der Waals surface area contributed by atoms with Gasteiger partial charge in [0.1, 0.15) is 0 Å². The zero-order valence-corrected chi connectivity index (χ0v) is 38.0. The summed E-state index contributed by atoms with van der Waals surface area (Å²) in [5.74, 6) is -2.89. The summed E-state index contributed by atoms with van der Waals surface area (Å²) in [6.45, 7) is 3.79. The van der Waals surface area contributed by atoms with E-state index >= 15 is 0 Å². The Bertz CT molecular complexity index is 666. The largest absolute Gasteiger partial charge is 0.481 e. The molecule has 0 bridgehead atoms. The summed E-state index contributed by atoms with van der Waals surface area (Å²) < 4.78 is 0. The summed E-state index contributed by atoms with van der Waals surface area (Å²) in [5, 5.41) is 161. The molecule has 0 aromatic rings. The van der Waals surface area contributed by atoms with Gasteiger partial charge in [0.05, 0.1) is 128 Å². The van der Waals surface area contributed by atoms with E-state index in [-0.39, 0.29) is 96.5 Å². The number of aliphatic carboxylic acids is 3. The molecule has 22 nitrogen and oxygen atoms in total. The first-order valence-electron chi connectivity index (χ1n) is 18.3. The fourth-order valence-corrected chi connectivity index (χ4v) is 2.24. The van der Waals surface area contributed by atoms with Crippen LogP contribution in [0, 0.1) is 27.1 Å². The molecule has 0 unspecified atom stereocenters. The van der Waals surface area contributed by atoms with Gasteiger partial charge in [0.25, 0.3) is 0 Å². The van der Waals surface area contributed by atoms with Crippen molar-refractivity contribution in [3.8, 4) is 0 Å². The molecule has 0 aromatic heterocycles. The Morgan fingerprint density at radius 1 is 0.283 bits per heavy atom. The van der Waals surface area contributed by atoms with Crippen LogP contribution in [0.1, 0.15) is 53.4 Å². The zero-order chi connectivity index (χ0) is 49.5. The number of rotatable bonds is 23. The molecular formula is C35H80O22S3. The molecule has 0 fully saturated rings. The molecule has 60 heavy (non-hydrogen) atoms. The van der Waals surface area contributed by atoms with Gasteiger partial charge in [-0.3, -0.25) is 14.4 Å². The second kappa shape index (κ2) is 50.5. The quantitative estimate of drug-likeness (QED) is 0.0428. The normalized spacial score (nSPS) is 10.8. The van der Waals surface area contributed by atoms with E-state index < -0.39 is 71.4 Å². The van der Waals surface area contributed by atoms with Gasteiger partial charge in [-0.15, -0.1) is 0 Å². The van der Waals surface area contributed by atoms with Gasteiger partial charge in [0.2, 0.25) is 0 Å². The highest BCUT2D eigenvalue weighted by molar-refractivity contribution is 7.81. The maximum absolute atomic E-state index is 9.29. The molecule has 19 N–H and O–H groups in total. The summed E-state index contributed by atoms with van der Waals surface area (Å²) in [4.78, 5) is 27.9. The molecule has 0 atom stereocenters. The van der Waals surface area contributed by atoms with Crippen molar-refractivity contribution in [2.45, 2.75) is 53.4 Å². The van der Waals surface area contributed by atoms with Crippen molar-refractivity contribution >= 4 is 55.8 Å². The number of hydrogen-bond donors (Lipinski definition) is 22. The van der Waals surface area contributed by atoms with Crippen LogP contribution >= 0.6 is 37.9 Å². The molecule has 0 aliphatic rings. The van der Waals surface area contributed by atoms with E-state index in [0.717, 1.165) is 0 Å². The molecular weight excluding hydrogens is 869 g/mol. The minimum atomic E-state index is -1.11. The SMILES string of the molecule is CCC(CO)(CO)CO.CCC(CO)(CO)CO.CCC(CO)(CO)CO.CCC(CO)(CO)CO.O=C(O)CS.O=C(O)CS.O=C(O)CS.OCC(CO)(CO)CO. The van der Waals surface area contributed by atoms with Crippen LogP contribution in [0.2, 0.25) is 0 Å². The third kappa shape index (κ3) is 42.1. The Morgan fingerprint density at radius 2 is 0.367 bits per heavy atom. The van der Waals surface area contributed by atoms with Gasteiger partial charge in [0, 0.05) is 21.7 Å². The van der Waals surface area contributed by atoms with Crippen LogP contribution in [-0.2, 0) is 14.4 Å². The first-order chi connectivity index (χ1) is 28.0. The Labute approximate surface area is 369 Å². The molecule has 370 valence electrons. The van der Waals surface area contributed by atoms with Gasteiger partial charge in [-0.1, -0.05) is 27.7 Å². The van der Waals surface area contributed by atoms with Crippen molar-refractivity contribution in [3.63, 3.8) is 0 Å². The van der Waals surface area contributed by atoms with Crippen molar-refractivity contribution in [2.75, 3.05) is 123 Å². The average Bonchev–Trinajstić information content (AvgIpc) is 3.30. The van der Waals surface area contributed by atoms with E-state index in [1.807, 2.05) is 27.7 Å². The monoisotopic (exact) mass is 948 g/mol. The standard InChI is InChI=1S/4C6H14O3.C5H12O4.3C2H4O2S/c4*1-2-6(3-7,4-8)5-9;6-1-5(2-7,3-8)4-9;3*3-2(4)1-5/h4*7-9H,2-5H2,1H3;6-9H,1-4H2;3*5H,1H2,(H,3,4). The number of carboxylic acids is 3. The fourth-order valence-electron chi connectivity index (χ4n) is 2.24. The van der Waals surface area contributed by atoms with Crippen LogP contribution in [-0.4, -0.2) is 238 Å². The highest BCUT2D eigenvalue weighted by atomic mass is 32.1. The van der Waals surface area contributed by atoms with Crippen LogP contribution in [0.15, 0.2) is 0 Å². The second-order valence-electron chi connectivity index (χ2n) is 13.1. The number of aliphatic hydroxyl groups is 16. The molecule has 0 radical (unpaired) electrons. The van der Waals surface area contributed by atoms with Crippen molar-refractivity contribution in [3.05, 3.63) is 0 Å². The molecule has 25 heteroatoms. The maximum Gasteiger partial charge on any atom is 0.313 e. The lowest BCUT2D eigenvalue weighted by Gasteiger charge is -2.24. The third-order valence-corrected chi connectivity index (χ3v) is 9.58. The van der Waals surface area contributed by atoms with Crippen molar-refractivity contribution in [2.24, 2.45) is 27.1 Å². The molecule has 0 saturated carbocycles. The lowest BCUT2D eigenvalue weighted by molar-refractivity contribution is -0.134. The van der Waals surface area contributed by atoms with Crippen molar-refractivity contribution < 1.29 is 111 Å². The number of thiol groups is 3. The van der Waals surface area contributed by atoms with E-state index in [9.17, 15) is 14.4 Å². The topological polar surface area (TPSA) is 436 Å².